The van der Waals surface area contributed by atoms with E-state index in [9.17, 15) is 4.79 Å². The number of allylic oxidation sites excluding steroid dienone is 2. The summed E-state index contributed by atoms with van der Waals surface area (Å²) in [6.07, 6.45) is 5.30. The average molecular weight is 189 g/mol. The summed E-state index contributed by atoms with van der Waals surface area (Å²) in [5.41, 5.74) is 2.32. The number of H-pyrrole nitrogens is 1. The fraction of sp³-hybridized carbons (Fsp3) is 0.417. The minimum atomic E-state index is 0.110. The third kappa shape index (κ3) is 1.52. The van der Waals surface area contributed by atoms with Crippen LogP contribution in [-0.2, 0) is 4.79 Å². The highest BCUT2D eigenvalue weighted by Gasteiger charge is 2.29. The van der Waals surface area contributed by atoms with Gasteiger partial charge in [-0.05, 0) is 35.6 Å². The van der Waals surface area contributed by atoms with Gasteiger partial charge < -0.3 is 4.98 Å². The summed E-state index contributed by atoms with van der Waals surface area (Å²) in [6.45, 7) is 4.37. The second-order valence-corrected chi connectivity index (χ2v) is 4.49. The van der Waals surface area contributed by atoms with Crippen molar-refractivity contribution in [3.8, 4) is 0 Å². The molecule has 0 bridgehead atoms. The van der Waals surface area contributed by atoms with E-state index in [1.165, 1.54) is 0 Å². The Labute approximate surface area is 84.0 Å². The Hall–Kier alpha value is -1.31. The van der Waals surface area contributed by atoms with Crippen molar-refractivity contribution in [3.05, 3.63) is 30.1 Å². The smallest absolute Gasteiger partial charge is 0.156 e. The Balaban J connectivity index is 2.45. The van der Waals surface area contributed by atoms with Crippen LogP contribution in [0.5, 0.6) is 0 Å². The molecule has 1 aliphatic rings. The first-order chi connectivity index (χ1) is 6.59. The van der Waals surface area contributed by atoms with Gasteiger partial charge in [0.25, 0.3) is 0 Å². The third-order valence-electron chi connectivity index (χ3n) is 2.92. The van der Waals surface area contributed by atoms with Gasteiger partial charge in [0.15, 0.2) is 5.78 Å². The quantitative estimate of drug-likeness (QED) is 0.724. The van der Waals surface area contributed by atoms with Gasteiger partial charge in [0, 0.05) is 18.3 Å². The van der Waals surface area contributed by atoms with E-state index in [2.05, 4.69) is 18.8 Å². The molecule has 0 aliphatic heterocycles. The van der Waals surface area contributed by atoms with Gasteiger partial charge >= 0.3 is 0 Å². The summed E-state index contributed by atoms with van der Waals surface area (Å²) >= 11 is 0. The molecule has 0 saturated heterocycles. The zero-order chi connectivity index (χ0) is 10.2. The summed E-state index contributed by atoms with van der Waals surface area (Å²) in [5, 5.41) is 0. The van der Waals surface area contributed by atoms with Gasteiger partial charge in [0.1, 0.15) is 0 Å². The zero-order valence-electron chi connectivity index (χ0n) is 8.63. The van der Waals surface area contributed by atoms with E-state index in [4.69, 9.17) is 0 Å². The van der Waals surface area contributed by atoms with Crippen LogP contribution in [0.15, 0.2) is 24.4 Å². The maximum absolute atomic E-state index is 11.4. The zero-order valence-corrected chi connectivity index (χ0v) is 8.63. The van der Waals surface area contributed by atoms with Crippen LogP contribution < -0.4 is 0 Å². The van der Waals surface area contributed by atoms with E-state index in [1.807, 2.05) is 18.3 Å². The van der Waals surface area contributed by atoms with Crippen molar-refractivity contribution in [2.45, 2.75) is 26.7 Å². The molecule has 1 heterocycles. The Bertz CT molecular complexity index is 371. The lowest BCUT2D eigenvalue weighted by Crippen LogP contribution is -2.21. The third-order valence-corrected chi connectivity index (χ3v) is 2.92. The van der Waals surface area contributed by atoms with E-state index in [0.717, 1.165) is 17.7 Å². The van der Waals surface area contributed by atoms with Gasteiger partial charge in [-0.3, -0.25) is 4.79 Å². The van der Waals surface area contributed by atoms with Gasteiger partial charge in [0.2, 0.25) is 0 Å². The standard InChI is InChI=1S/C12H15NO/c1-12(2)6-5-9(14)8-10(12)11-4-3-7-13-11/h3-4,7-8,13H,5-6H2,1-2H3. The number of rotatable bonds is 1. The van der Waals surface area contributed by atoms with Gasteiger partial charge in [-0.2, -0.15) is 0 Å². The Morgan fingerprint density at radius 2 is 2.21 bits per heavy atom. The number of hydrogen-bond acceptors (Lipinski definition) is 1. The first-order valence-corrected chi connectivity index (χ1v) is 4.98. The molecule has 0 saturated carbocycles. The molecule has 14 heavy (non-hydrogen) atoms. The van der Waals surface area contributed by atoms with Crippen LogP contribution in [0.25, 0.3) is 5.57 Å². The lowest BCUT2D eigenvalue weighted by atomic mass is 9.74. The summed E-state index contributed by atoms with van der Waals surface area (Å²) in [6, 6.07) is 3.98. The SMILES string of the molecule is CC1(C)CCC(=O)C=C1c1ccc[nH]1. The molecule has 1 aromatic heterocycles. The van der Waals surface area contributed by atoms with E-state index in [1.54, 1.807) is 6.08 Å². The summed E-state index contributed by atoms with van der Waals surface area (Å²) in [5.74, 6) is 0.244. The molecular formula is C12H15NO. The van der Waals surface area contributed by atoms with Gasteiger partial charge in [0.05, 0.1) is 0 Å². The number of aromatic nitrogens is 1. The molecule has 0 unspecified atom stereocenters. The molecule has 74 valence electrons. The minimum absolute atomic E-state index is 0.110. The maximum Gasteiger partial charge on any atom is 0.156 e. The number of hydrogen-bond donors (Lipinski definition) is 1. The first kappa shape index (κ1) is 9.25. The molecule has 0 aromatic carbocycles. The van der Waals surface area contributed by atoms with Crippen molar-refractivity contribution < 1.29 is 4.79 Å². The van der Waals surface area contributed by atoms with Crippen LogP contribution in [-0.4, -0.2) is 10.8 Å². The Kier molecular flexibility index (Phi) is 2.06. The summed E-state index contributed by atoms with van der Waals surface area (Å²) in [7, 11) is 0. The Morgan fingerprint density at radius 3 is 2.86 bits per heavy atom. The molecule has 0 fully saturated rings. The molecule has 2 rings (SSSR count). The summed E-state index contributed by atoms with van der Waals surface area (Å²) in [4.78, 5) is 14.5. The number of nitrogens with one attached hydrogen (secondary N) is 1. The molecule has 0 spiro atoms. The van der Waals surface area contributed by atoms with Crippen molar-refractivity contribution in [1.29, 1.82) is 0 Å². The highest BCUT2D eigenvalue weighted by molar-refractivity contribution is 5.99. The van der Waals surface area contributed by atoms with Crippen LogP contribution in [0.1, 0.15) is 32.4 Å². The van der Waals surface area contributed by atoms with Crippen LogP contribution >= 0.6 is 0 Å². The number of carbonyl (C=O) groups is 1. The fourth-order valence-corrected chi connectivity index (χ4v) is 1.94. The largest absolute Gasteiger partial charge is 0.361 e. The molecule has 1 N–H and O–H groups in total. The fourth-order valence-electron chi connectivity index (χ4n) is 1.94. The topological polar surface area (TPSA) is 32.9 Å². The lowest BCUT2D eigenvalue weighted by Gasteiger charge is -2.30. The molecular weight excluding hydrogens is 174 g/mol. The van der Waals surface area contributed by atoms with Crippen LogP contribution in [0.4, 0.5) is 0 Å². The molecule has 2 heteroatoms. The molecule has 1 aromatic rings. The highest BCUT2D eigenvalue weighted by atomic mass is 16.1. The van der Waals surface area contributed by atoms with Crippen LogP contribution in [0.3, 0.4) is 0 Å². The predicted octanol–water partition coefficient (Wildman–Crippen LogP) is 2.79. The van der Waals surface area contributed by atoms with Crippen molar-refractivity contribution in [3.63, 3.8) is 0 Å². The number of carbonyl (C=O) groups excluding carboxylic acids is 1. The lowest BCUT2D eigenvalue weighted by molar-refractivity contribution is -0.115. The highest BCUT2D eigenvalue weighted by Crippen LogP contribution is 2.40. The number of aromatic amines is 1. The van der Waals surface area contributed by atoms with Crippen LogP contribution in [0, 0.1) is 5.41 Å². The van der Waals surface area contributed by atoms with Crippen molar-refractivity contribution in [2.75, 3.05) is 0 Å². The van der Waals surface area contributed by atoms with Crippen molar-refractivity contribution >= 4 is 11.4 Å². The molecule has 0 atom stereocenters. The summed E-state index contributed by atoms with van der Waals surface area (Å²) < 4.78 is 0. The Morgan fingerprint density at radius 1 is 1.43 bits per heavy atom. The molecule has 0 radical (unpaired) electrons. The van der Waals surface area contributed by atoms with Gasteiger partial charge in [-0.1, -0.05) is 13.8 Å². The second kappa shape index (κ2) is 3.12. The second-order valence-electron chi connectivity index (χ2n) is 4.49. The van der Waals surface area contributed by atoms with E-state index < -0.39 is 0 Å². The average Bonchev–Trinajstić information content (AvgIpc) is 2.62. The number of ketones is 1. The van der Waals surface area contributed by atoms with E-state index in [-0.39, 0.29) is 11.2 Å². The molecule has 0 amide bonds. The monoisotopic (exact) mass is 189 g/mol. The van der Waals surface area contributed by atoms with Crippen molar-refractivity contribution in [2.24, 2.45) is 5.41 Å². The predicted molar refractivity (Wildman–Crippen MR) is 56.8 cm³/mol. The van der Waals surface area contributed by atoms with E-state index >= 15 is 0 Å². The van der Waals surface area contributed by atoms with Gasteiger partial charge in [-0.25, -0.2) is 0 Å². The van der Waals surface area contributed by atoms with Crippen molar-refractivity contribution in [1.82, 2.24) is 4.98 Å². The molecule has 1 aliphatic carbocycles. The maximum atomic E-state index is 11.4. The first-order valence-electron chi connectivity index (χ1n) is 4.98. The minimum Gasteiger partial charge on any atom is -0.361 e. The van der Waals surface area contributed by atoms with Crippen LogP contribution in [0.2, 0.25) is 0 Å². The van der Waals surface area contributed by atoms with Gasteiger partial charge in [-0.15, -0.1) is 0 Å². The normalized spacial score (nSPS) is 20.7. The molecule has 2 nitrogen and oxygen atoms in total. The van der Waals surface area contributed by atoms with E-state index in [0.29, 0.717) is 6.42 Å².